The number of aromatic nitrogens is 1. The summed E-state index contributed by atoms with van der Waals surface area (Å²) in [6.45, 7) is 2.36. The SMILES string of the molecule is N#Cc1ccccc1N1CCN2c3ccc([N+](=O)[O-])cc3CC(C(=O)NCCc3ccccn3)C2C1. The van der Waals surface area contributed by atoms with E-state index in [4.69, 9.17) is 0 Å². The average Bonchev–Trinajstić information content (AvgIpc) is 2.92. The largest absolute Gasteiger partial charge is 0.367 e. The van der Waals surface area contributed by atoms with Crippen molar-refractivity contribution in [3.8, 4) is 6.07 Å². The standard InChI is InChI=1S/C27H26N6O3/c28-17-19-5-1-2-7-24(19)31-13-14-32-25-9-8-22(33(35)36)15-20(25)16-23(26(32)18-31)27(34)30-12-10-21-6-3-4-11-29-21/h1-9,11,15,23,26H,10,12-14,16,18H2,(H,30,34). The number of nitriles is 1. The Morgan fingerprint density at radius 2 is 1.97 bits per heavy atom. The molecule has 2 unspecified atom stereocenters. The average molecular weight is 483 g/mol. The summed E-state index contributed by atoms with van der Waals surface area (Å²) >= 11 is 0. The Hall–Kier alpha value is -4.45. The number of carbonyl (C=O) groups is 1. The van der Waals surface area contributed by atoms with E-state index in [1.54, 1.807) is 24.4 Å². The second-order valence-corrected chi connectivity index (χ2v) is 9.08. The lowest BCUT2D eigenvalue weighted by Gasteiger charge is -2.49. The number of anilines is 2. The van der Waals surface area contributed by atoms with Crippen LogP contribution in [0.1, 0.15) is 16.8 Å². The minimum atomic E-state index is -0.398. The molecule has 9 nitrogen and oxygen atoms in total. The zero-order valence-electron chi connectivity index (χ0n) is 19.7. The van der Waals surface area contributed by atoms with Gasteiger partial charge in [0.25, 0.3) is 5.69 Å². The highest BCUT2D eigenvalue weighted by molar-refractivity contribution is 5.82. The molecule has 36 heavy (non-hydrogen) atoms. The van der Waals surface area contributed by atoms with Crippen molar-refractivity contribution in [3.05, 3.63) is 93.8 Å². The first-order valence-electron chi connectivity index (χ1n) is 12.0. The Balaban J connectivity index is 1.41. The highest BCUT2D eigenvalue weighted by atomic mass is 16.6. The van der Waals surface area contributed by atoms with E-state index in [2.05, 4.69) is 26.2 Å². The van der Waals surface area contributed by atoms with E-state index < -0.39 is 4.92 Å². The Kier molecular flexibility index (Phi) is 6.50. The lowest BCUT2D eigenvalue weighted by molar-refractivity contribution is -0.384. The van der Waals surface area contributed by atoms with E-state index in [0.29, 0.717) is 44.6 Å². The number of amides is 1. The van der Waals surface area contributed by atoms with Gasteiger partial charge in [0.2, 0.25) is 5.91 Å². The lowest BCUT2D eigenvalue weighted by Crippen LogP contribution is -2.61. The third-order valence-corrected chi connectivity index (χ3v) is 7.01. The number of nitro groups is 1. The summed E-state index contributed by atoms with van der Waals surface area (Å²) in [5.74, 6) is -0.464. The van der Waals surface area contributed by atoms with E-state index in [-0.39, 0.29) is 23.6 Å². The van der Waals surface area contributed by atoms with Crippen LogP contribution in [0.2, 0.25) is 0 Å². The number of benzene rings is 2. The second-order valence-electron chi connectivity index (χ2n) is 9.08. The van der Waals surface area contributed by atoms with Crippen molar-refractivity contribution >= 4 is 23.0 Å². The molecule has 1 fully saturated rings. The molecular weight excluding hydrogens is 456 g/mol. The summed E-state index contributed by atoms with van der Waals surface area (Å²) in [5.41, 5.74) is 4.16. The van der Waals surface area contributed by atoms with Crippen molar-refractivity contribution in [1.29, 1.82) is 5.26 Å². The van der Waals surface area contributed by atoms with Crippen LogP contribution in [0.25, 0.3) is 0 Å². The fourth-order valence-electron chi connectivity index (χ4n) is 5.28. The highest BCUT2D eigenvalue weighted by Gasteiger charge is 2.42. The number of rotatable bonds is 6. The maximum Gasteiger partial charge on any atom is 0.269 e. The summed E-state index contributed by atoms with van der Waals surface area (Å²) in [5, 5.41) is 24.1. The molecule has 1 amide bonds. The van der Waals surface area contributed by atoms with Crippen LogP contribution >= 0.6 is 0 Å². The van der Waals surface area contributed by atoms with Crippen LogP contribution in [-0.4, -0.2) is 48.0 Å². The first-order valence-corrected chi connectivity index (χ1v) is 12.0. The van der Waals surface area contributed by atoms with Gasteiger partial charge in [-0.2, -0.15) is 5.26 Å². The summed E-state index contributed by atoms with van der Waals surface area (Å²) < 4.78 is 0. The number of hydrogen-bond donors (Lipinski definition) is 1. The minimum absolute atomic E-state index is 0.0306. The molecule has 1 saturated heterocycles. The summed E-state index contributed by atoms with van der Waals surface area (Å²) in [4.78, 5) is 33.2. The van der Waals surface area contributed by atoms with Gasteiger partial charge in [-0.3, -0.25) is 19.9 Å². The highest BCUT2D eigenvalue weighted by Crippen LogP contribution is 2.39. The van der Waals surface area contributed by atoms with E-state index in [0.717, 1.165) is 22.6 Å². The first kappa shape index (κ1) is 23.3. The molecule has 9 heteroatoms. The van der Waals surface area contributed by atoms with Crippen molar-refractivity contribution in [3.63, 3.8) is 0 Å². The molecule has 2 atom stereocenters. The van der Waals surface area contributed by atoms with E-state index >= 15 is 0 Å². The number of nitrogens with zero attached hydrogens (tertiary/aromatic N) is 5. The molecule has 0 saturated carbocycles. The molecule has 0 aliphatic carbocycles. The normalized spacial score (nSPS) is 18.5. The van der Waals surface area contributed by atoms with Crippen LogP contribution in [-0.2, 0) is 17.6 Å². The number of para-hydroxylation sites is 1. The van der Waals surface area contributed by atoms with E-state index in [9.17, 15) is 20.2 Å². The van der Waals surface area contributed by atoms with Crippen molar-refractivity contribution in [2.75, 3.05) is 36.0 Å². The number of pyridine rings is 1. The molecule has 2 aromatic carbocycles. The molecule has 1 aromatic heterocycles. The van der Waals surface area contributed by atoms with Gasteiger partial charge in [0.15, 0.2) is 0 Å². The van der Waals surface area contributed by atoms with E-state index in [1.807, 2.05) is 36.4 Å². The molecular formula is C27H26N6O3. The van der Waals surface area contributed by atoms with E-state index in [1.165, 1.54) is 6.07 Å². The van der Waals surface area contributed by atoms with Gasteiger partial charge in [-0.05, 0) is 42.3 Å². The second kappa shape index (κ2) is 10.0. The number of nitro benzene ring substituents is 1. The fourth-order valence-corrected chi connectivity index (χ4v) is 5.28. The molecule has 2 aliphatic rings. The Morgan fingerprint density at radius 3 is 2.75 bits per heavy atom. The van der Waals surface area contributed by atoms with Gasteiger partial charge in [-0.1, -0.05) is 18.2 Å². The molecule has 182 valence electrons. The Labute approximate surface area is 209 Å². The number of nitrogens with one attached hydrogen (secondary N) is 1. The van der Waals surface area contributed by atoms with Crippen LogP contribution in [0.3, 0.4) is 0 Å². The van der Waals surface area contributed by atoms with Gasteiger partial charge in [-0.15, -0.1) is 0 Å². The van der Waals surface area contributed by atoms with Crippen LogP contribution in [0.15, 0.2) is 66.9 Å². The number of non-ortho nitro benzene ring substituents is 1. The quantitative estimate of drug-likeness (QED) is 0.424. The number of carbonyl (C=O) groups excluding carboxylic acids is 1. The Morgan fingerprint density at radius 1 is 1.14 bits per heavy atom. The van der Waals surface area contributed by atoms with Crippen molar-refractivity contribution in [2.45, 2.75) is 18.9 Å². The van der Waals surface area contributed by atoms with Crippen LogP contribution in [0, 0.1) is 27.4 Å². The molecule has 2 aliphatic heterocycles. The molecule has 0 spiro atoms. The zero-order chi connectivity index (χ0) is 25.1. The maximum absolute atomic E-state index is 13.5. The summed E-state index contributed by atoms with van der Waals surface area (Å²) in [6.07, 6.45) is 2.77. The van der Waals surface area contributed by atoms with Gasteiger partial charge in [0.1, 0.15) is 6.07 Å². The van der Waals surface area contributed by atoms with Gasteiger partial charge >= 0.3 is 0 Å². The molecule has 0 radical (unpaired) electrons. The molecule has 3 heterocycles. The topological polar surface area (TPSA) is 115 Å². The lowest BCUT2D eigenvalue weighted by atomic mass is 9.83. The van der Waals surface area contributed by atoms with Gasteiger partial charge in [0, 0.05) is 62.3 Å². The maximum atomic E-state index is 13.5. The predicted octanol–water partition coefficient (Wildman–Crippen LogP) is 3.09. The van der Waals surface area contributed by atoms with Gasteiger partial charge in [0.05, 0.1) is 28.1 Å². The number of piperazine rings is 1. The molecule has 1 N–H and O–H groups in total. The first-order chi connectivity index (χ1) is 17.5. The zero-order valence-corrected chi connectivity index (χ0v) is 19.7. The predicted molar refractivity (Wildman–Crippen MR) is 136 cm³/mol. The minimum Gasteiger partial charge on any atom is -0.367 e. The third kappa shape index (κ3) is 4.58. The molecule has 3 aromatic rings. The number of hydrogen-bond acceptors (Lipinski definition) is 7. The van der Waals surface area contributed by atoms with Crippen LogP contribution in [0.4, 0.5) is 17.1 Å². The monoisotopic (exact) mass is 482 g/mol. The third-order valence-electron chi connectivity index (χ3n) is 7.01. The molecule has 0 bridgehead atoms. The van der Waals surface area contributed by atoms with Crippen molar-refractivity contribution in [2.24, 2.45) is 5.92 Å². The van der Waals surface area contributed by atoms with Gasteiger partial charge < -0.3 is 15.1 Å². The molecule has 5 rings (SSSR count). The number of fused-ring (bicyclic) bond motifs is 3. The van der Waals surface area contributed by atoms with Crippen molar-refractivity contribution < 1.29 is 9.72 Å². The van der Waals surface area contributed by atoms with Crippen LogP contribution in [0.5, 0.6) is 0 Å². The smallest absolute Gasteiger partial charge is 0.269 e. The Bertz CT molecular complexity index is 1320. The van der Waals surface area contributed by atoms with Gasteiger partial charge in [-0.25, -0.2) is 0 Å². The summed E-state index contributed by atoms with van der Waals surface area (Å²) in [6, 6.07) is 20.3. The van der Waals surface area contributed by atoms with Crippen molar-refractivity contribution in [1.82, 2.24) is 10.3 Å². The fraction of sp³-hybridized carbons (Fsp3) is 0.296. The van der Waals surface area contributed by atoms with Crippen LogP contribution < -0.4 is 15.1 Å². The summed E-state index contributed by atoms with van der Waals surface area (Å²) in [7, 11) is 0.